The fourth-order valence-electron chi connectivity index (χ4n) is 1.68. The Morgan fingerprint density at radius 2 is 2.00 bits per heavy atom. The molecule has 1 atom stereocenters. The quantitative estimate of drug-likeness (QED) is 0.745. The fourth-order valence-corrected chi connectivity index (χ4v) is 2.87. The Balaban J connectivity index is 2.93. The van der Waals surface area contributed by atoms with E-state index in [0.29, 0.717) is 0 Å². The standard InChI is InChI=1S/C14H17NO4S/c1-3-5-11-7-9-12(10-8-11)20(18,19)15-13(6-4-2)14(16)17/h2,7-10,13,15H,3,5-6H2,1H3,(H,16,17). The summed E-state index contributed by atoms with van der Waals surface area (Å²) in [5, 5.41) is 8.91. The molecule has 20 heavy (non-hydrogen) atoms. The molecule has 1 aromatic carbocycles. The number of hydrogen-bond acceptors (Lipinski definition) is 3. The van der Waals surface area contributed by atoms with Crippen molar-refractivity contribution in [1.82, 2.24) is 4.72 Å². The zero-order valence-corrected chi connectivity index (χ0v) is 12.0. The molecule has 0 aliphatic rings. The summed E-state index contributed by atoms with van der Waals surface area (Å²) < 4.78 is 26.2. The number of hydrogen-bond donors (Lipinski definition) is 2. The number of aryl methyl sites for hydroxylation is 1. The Labute approximate surface area is 119 Å². The molecule has 0 fully saturated rings. The van der Waals surface area contributed by atoms with Crippen LogP contribution in [-0.4, -0.2) is 25.5 Å². The molecule has 1 unspecified atom stereocenters. The molecular weight excluding hydrogens is 278 g/mol. The molecule has 0 amide bonds. The predicted octanol–water partition coefficient (Wildman–Crippen LogP) is 1.39. The molecule has 0 radical (unpaired) electrons. The summed E-state index contributed by atoms with van der Waals surface area (Å²) in [6.07, 6.45) is 6.65. The monoisotopic (exact) mass is 295 g/mol. The van der Waals surface area contributed by atoms with Crippen LogP contribution in [0.3, 0.4) is 0 Å². The molecule has 0 aliphatic heterocycles. The van der Waals surface area contributed by atoms with Gasteiger partial charge in [0.1, 0.15) is 6.04 Å². The van der Waals surface area contributed by atoms with E-state index >= 15 is 0 Å². The molecule has 108 valence electrons. The lowest BCUT2D eigenvalue weighted by Gasteiger charge is -2.12. The highest BCUT2D eigenvalue weighted by molar-refractivity contribution is 7.89. The van der Waals surface area contributed by atoms with E-state index in [4.69, 9.17) is 11.5 Å². The first-order valence-electron chi connectivity index (χ1n) is 6.18. The molecular formula is C14H17NO4S. The number of terminal acetylenes is 1. The minimum Gasteiger partial charge on any atom is -0.480 e. The van der Waals surface area contributed by atoms with Crippen LogP contribution in [0, 0.1) is 12.3 Å². The van der Waals surface area contributed by atoms with Gasteiger partial charge < -0.3 is 5.11 Å². The van der Waals surface area contributed by atoms with Gasteiger partial charge in [-0.3, -0.25) is 4.79 Å². The third-order valence-corrected chi connectivity index (χ3v) is 4.18. The molecule has 0 spiro atoms. The van der Waals surface area contributed by atoms with Gasteiger partial charge in [0.15, 0.2) is 0 Å². The van der Waals surface area contributed by atoms with Crippen molar-refractivity contribution in [2.75, 3.05) is 0 Å². The number of benzene rings is 1. The lowest BCUT2D eigenvalue weighted by atomic mass is 10.1. The molecule has 1 rings (SSSR count). The second-order valence-corrected chi connectivity index (χ2v) is 6.03. The van der Waals surface area contributed by atoms with Gasteiger partial charge in [-0.05, 0) is 24.1 Å². The van der Waals surface area contributed by atoms with E-state index in [2.05, 4.69) is 10.6 Å². The lowest BCUT2D eigenvalue weighted by molar-refractivity contribution is -0.138. The van der Waals surface area contributed by atoms with Crippen molar-refractivity contribution in [1.29, 1.82) is 0 Å². The van der Waals surface area contributed by atoms with E-state index in [0.717, 1.165) is 18.4 Å². The van der Waals surface area contributed by atoms with Crippen molar-refractivity contribution in [2.24, 2.45) is 0 Å². The highest BCUT2D eigenvalue weighted by Gasteiger charge is 2.24. The number of carboxylic acids is 1. The van der Waals surface area contributed by atoms with Crippen molar-refractivity contribution in [3.63, 3.8) is 0 Å². The minimum atomic E-state index is -3.88. The van der Waals surface area contributed by atoms with Gasteiger partial charge in [-0.2, -0.15) is 4.72 Å². The summed E-state index contributed by atoms with van der Waals surface area (Å²) in [7, 11) is -3.88. The van der Waals surface area contributed by atoms with Gasteiger partial charge in [-0.1, -0.05) is 25.5 Å². The fraction of sp³-hybridized carbons (Fsp3) is 0.357. The van der Waals surface area contributed by atoms with Crippen molar-refractivity contribution >= 4 is 16.0 Å². The molecule has 0 aliphatic carbocycles. The van der Waals surface area contributed by atoms with Crippen molar-refractivity contribution in [2.45, 2.75) is 37.1 Å². The first-order chi connectivity index (χ1) is 9.40. The zero-order chi connectivity index (χ0) is 15.2. The van der Waals surface area contributed by atoms with Crippen LogP contribution < -0.4 is 4.72 Å². The maximum absolute atomic E-state index is 12.0. The van der Waals surface area contributed by atoms with E-state index < -0.39 is 22.0 Å². The highest BCUT2D eigenvalue weighted by atomic mass is 32.2. The average molecular weight is 295 g/mol. The number of carbonyl (C=O) groups is 1. The number of rotatable bonds is 7. The van der Waals surface area contributed by atoms with E-state index in [1.165, 1.54) is 12.1 Å². The minimum absolute atomic E-state index is 0.0284. The summed E-state index contributed by atoms with van der Waals surface area (Å²) in [4.78, 5) is 10.9. The van der Waals surface area contributed by atoms with Crippen molar-refractivity contribution < 1.29 is 18.3 Å². The topological polar surface area (TPSA) is 83.5 Å². The van der Waals surface area contributed by atoms with Gasteiger partial charge >= 0.3 is 5.97 Å². The summed E-state index contributed by atoms with van der Waals surface area (Å²) in [5.74, 6) is 0.844. The van der Waals surface area contributed by atoms with Gasteiger partial charge in [0.05, 0.1) is 4.90 Å². The molecule has 0 bridgehead atoms. The molecule has 5 nitrogen and oxygen atoms in total. The average Bonchev–Trinajstić information content (AvgIpc) is 2.39. The van der Waals surface area contributed by atoms with E-state index in [-0.39, 0.29) is 11.3 Å². The largest absolute Gasteiger partial charge is 0.480 e. The maximum atomic E-state index is 12.0. The number of nitrogens with one attached hydrogen (secondary N) is 1. The summed E-state index contributed by atoms with van der Waals surface area (Å²) in [6.45, 7) is 2.03. The lowest BCUT2D eigenvalue weighted by Crippen LogP contribution is -2.40. The zero-order valence-electron chi connectivity index (χ0n) is 11.2. The van der Waals surface area contributed by atoms with Crippen LogP contribution in [0.25, 0.3) is 0 Å². The third kappa shape index (κ3) is 4.37. The summed E-state index contributed by atoms with van der Waals surface area (Å²) in [5.41, 5.74) is 1.03. The van der Waals surface area contributed by atoms with E-state index in [1.54, 1.807) is 12.1 Å². The number of aliphatic carboxylic acids is 1. The Morgan fingerprint density at radius 1 is 1.40 bits per heavy atom. The first kappa shape index (κ1) is 16.2. The number of sulfonamides is 1. The Hall–Kier alpha value is -1.84. The van der Waals surface area contributed by atoms with Crippen LogP contribution in [0.4, 0.5) is 0 Å². The normalized spacial score (nSPS) is 12.6. The Bertz CT molecular complexity index is 599. The molecule has 1 aromatic rings. The van der Waals surface area contributed by atoms with Crippen LogP contribution in [0.5, 0.6) is 0 Å². The molecule has 0 saturated heterocycles. The maximum Gasteiger partial charge on any atom is 0.322 e. The van der Waals surface area contributed by atoms with Crippen LogP contribution >= 0.6 is 0 Å². The smallest absolute Gasteiger partial charge is 0.322 e. The van der Waals surface area contributed by atoms with Gasteiger partial charge in [0.2, 0.25) is 10.0 Å². The van der Waals surface area contributed by atoms with Crippen LogP contribution in [0.2, 0.25) is 0 Å². The molecule has 2 N–H and O–H groups in total. The molecule has 0 saturated carbocycles. The van der Waals surface area contributed by atoms with Crippen LogP contribution in [0.15, 0.2) is 29.2 Å². The Kier molecular flexibility index (Phi) is 5.74. The Morgan fingerprint density at radius 3 is 2.45 bits per heavy atom. The van der Waals surface area contributed by atoms with Crippen molar-refractivity contribution in [3.8, 4) is 12.3 Å². The van der Waals surface area contributed by atoms with Gasteiger partial charge in [-0.15, -0.1) is 12.3 Å². The molecule has 6 heteroatoms. The van der Waals surface area contributed by atoms with E-state index in [1.807, 2.05) is 6.92 Å². The van der Waals surface area contributed by atoms with Gasteiger partial charge in [-0.25, -0.2) is 8.42 Å². The van der Waals surface area contributed by atoms with Crippen LogP contribution in [0.1, 0.15) is 25.3 Å². The SMILES string of the molecule is C#CCC(NS(=O)(=O)c1ccc(CCC)cc1)C(=O)O. The first-order valence-corrected chi connectivity index (χ1v) is 7.66. The summed E-state index contributed by atoms with van der Waals surface area (Å²) >= 11 is 0. The third-order valence-electron chi connectivity index (χ3n) is 2.69. The van der Waals surface area contributed by atoms with Gasteiger partial charge in [0.25, 0.3) is 0 Å². The van der Waals surface area contributed by atoms with Crippen LogP contribution in [-0.2, 0) is 21.2 Å². The van der Waals surface area contributed by atoms with Gasteiger partial charge in [0, 0.05) is 6.42 Å². The summed E-state index contributed by atoms with van der Waals surface area (Å²) in [6, 6.07) is 5.04. The highest BCUT2D eigenvalue weighted by Crippen LogP contribution is 2.12. The second kappa shape index (κ2) is 7.08. The predicted molar refractivity (Wildman–Crippen MR) is 75.6 cm³/mol. The number of carboxylic acid groups (broad SMARTS) is 1. The van der Waals surface area contributed by atoms with Crippen molar-refractivity contribution in [3.05, 3.63) is 29.8 Å². The molecule has 0 heterocycles. The molecule has 0 aromatic heterocycles. The second-order valence-electron chi connectivity index (χ2n) is 4.31. The van der Waals surface area contributed by atoms with E-state index in [9.17, 15) is 13.2 Å².